The van der Waals surface area contributed by atoms with E-state index in [1.807, 2.05) is 16.8 Å². The highest BCUT2D eigenvalue weighted by atomic mass is 35.5. The number of allylic oxidation sites excluding steroid dienone is 3. The maximum Gasteiger partial charge on any atom is 0.328 e. The van der Waals surface area contributed by atoms with Crippen molar-refractivity contribution in [1.82, 2.24) is 9.55 Å². The third-order valence-corrected chi connectivity index (χ3v) is 1.83. The minimum atomic E-state index is -0.918. The van der Waals surface area contributed by atoms with Crippen LogP contribution in [0.15, 0.2) is 43.0 Å². The van der Waals surface area contributed by atoms with Crippen molar-refractivity contribution in [2.75, 3.05) is 0 Å². The molecular formula is C11H15ClN2O2. The number of aryl methyl sites for hydroxylation is 1. The van der Waals surface area contributed by atoms with Gasteiger partial charge in [0.05, 0.1) is 6.33 Å². The van der Waals surface area contributed by atoms with Crippen LogP contribution in [-0.2, 0) is 11.3 Å². The Labute approximate surface area is 101 Å². The zero-order valence-electron chi connectivity index (χ0n) is 8.82. The number of imidazole rings is 1. The van der Waals surface area contributed by atoms with E-state index in [1.54, 1.807) is 18.6 Å². The summed E-state index contributed by atoms with van der Waals surface area (Å²) in [5, 5.41) is 8.31. The predicted molar refractivity (Wildman–Crippen MR) is 64.6 cm³/mol. The predicted octanol–water partition coefficient (Wildman–Crippen LogP) is 2.28. The van der Waals surface area contributed by atoms with Crippen molar-refractivity contribution in [3.63, 3.8) is 0 Å². The van der Waals surface area contributed by atoms with Gasteiger partial charge in [-0.05, 0) is 12.8 Å². The van der Waals surface area contributed by atoms with Crippen LogP contribution in [0.25, 0.3) is 0 Å². The molecule has 88 valence electrons. The number of halogens is 1. The minimum absolute atomic E-state index is 0. The molecule has 0 bridgehead atoms. The first-order valence-corrected chi connectivity index (χ1v) is 4.81. The van der Waals surface area contributed by atoms with E-state index in [4.69, 9.17) is 5.11 Å². The normalized spacial score (nSPS) is 10.8. The fourth-order valence-corrected chi connectivity index (χ4v) is 1.12. The van der Waals surface area contributed by atoms with E-state index in [-0.39, 0.29) is 12.4 Å². The van der Waals surface area contributed by atoms with E-state index in [0.29, 0.717) is 0 Å². The molecule has 0 fully saturated rings. The molecule has 1 heterocycles. The second-order valence-electron chi connectivity index (χ2n) is 3.07. The third-order valence-electron chi connectivity index (χ3n) is 1.83. The van der Waals surface area contributed by atoms with Crippen molar-refractivity contribution < 1.29 is 9.90 Å². The molecule has 0 radical (unpaired) electrons. The SMILES string of the molecule is Cl.O=C(O)/C=C/C=C/CCCn1ccnc1. The Bertz CT molecular complexity index is 345. The van der Waals surface area contributed by atoms with Crippen molar-refractivity contribution in [2.24, 2.45) is 0 Å². The van der Waals surface area contributed by atoms with Crippen molar-refractivity contribution >= 4 is 18.4 Å². The summed E-state index contributed by atoms with van der Waals surface area (Å²) in [6.45, 7) is 0.937. The molecule has 0 aliphatic carbocycles. The molecule has 0 aliphatic heterocycles. The van der Waals surface area contributed by atoms with Crippen molar-refractivity contribution in [3.8, 4) is 0 Å². The second kappa shape index (κ2) is 8.73. The molecule has 0 saturated carbocycles. The summed E-state index contributed by atoms with van der Waals surface area (Å²) in [5.41, 5.74) is 0. The zero-order chi connectivity index (χ0) is 10.9. The van der Waals surface area contributed by atoms with Gasteiger partial charge in [0.15, 0.2) is 0 Å². The lowest BCUT2D eigenvalue weighted by Crippen LogP contribution is -1.92. The molecule has 0 aliphatic rings. The summed E-state index contributed by atoms with van der Waals surface area (Å²) in [7, 11) is 0. The van der Waals surface area contributed by atoms with Gasteiger partial charge in [-0.3, -0.25) is 0 Å². The van der Waals surface area contributed by atoms with E-state index in [9.17, 15) is 4.79 Å². The van der Waals surface area contributed by atoms with Crippen LogP contribution in [0.4, 0.5) is 0 Å². The van der Waals surface area contributed by atoms with Crippen LogP contribution in [0.5, 0.6) is 0 Å². The van der Waals surface area contributed by atoms with Gasteiger partial charge in [0.1, 0.15) is 0 Å². The summed E-state index contributed by atoms with van der Waals surface area (Å²) >= 11 is 0. The lowest BCUT2D eigenvalue weighted by molar-refractivity contribution is -0.131. The fraction of sp³-hybridized carbons (Fsp3) is 0.273. The topological polar surface area (TPSA) is 55.1 Å². The van der Waals surface area contributed by atoms with Gasteiger partial charge in [-0.1, -0.05) is 18.2 Å². The number of carboxylic acids is 1. The molecule has 5 heteroatoms. The number of rotatable bonds is 6. The quantitative estimate of drug-likeness (QED) is 0.473. The average molecular weight is 243 g/mol. The number of nitrogens with zero attached hydrogens (tertiary/aromatic N) is 2. The number of hydrogen-bond donors (Lipinski definition) is 1. The molecule has 1 aromatic heterocycles. The van der Waals surface area contributed by atoms with Crippen LogP contribution in [0.1, 0.15) is 12.8 Å². The molecule has 1 rings (SSSR count). The van der Waals surface area contributed by atoms with Crippen LogP contribution in [0.2, 0.25) is 0 Å². The Hall–Kier alpha value is -1.55. The van der Waals surface area contributed by atoms with Gasteiger partial charge in [0.2, 0.25) is 0 Å². The van der Waals surface area contributed by atoms with Gasteiger partial charge in [0.25, 0.3) is 0 Å². The monoisotopic (exact) mass is 242 g/mol. The maximum atomic E-state index is 10.1. The molecule has 16 heavy (non-hydrogen) atoms. The summed E-state index contributed by atoms with van der Waals surface area (Å²) in [4.78, 5) is 14.1. The smallest absolute Gasteiger partial charge is 0.328 e. The molecule has 0 unspecified atom stereocenters. The highest BCUT2D eigenvalue weighted by Gasteiger charge is 1.87. The molecule has 4 nitrogen and oxygen atoms in total. The molecule has 0 spiro atoms. The number of hydrogen-bond acceptors (Lipinski definition) is 2. The number of aromatic nitrogens is 2. The zero-order valence-corrected chi connectivity index (χ0v) is 9.64. The summed E-state index contributed by atoms with van der Waals surface area (Å²) < 4.78 is 2.01. The Balaban J connectivity index is 0.00000225. The first-order chi connectivity index (χ1) is 7.29. The van der Waals surface area contributed by atoms with Crippen molar-refractivity contribution in [2.45, 2.75) is 19.4 Å². The largest absolute Gasteiger partial charge is 0.478 e. The number of carboxylic acid groups (broad SMARTS) is 1. The summed E-state index contributed by atoms with van der Waals surface area (Å²) in [5.74, 6) is -0.918. The van der Waals surface area contributed by atoms with Gasteiger partial charge in [-0.25, -0.2) is 9.78 Å². The average Bonchev–Trinajstić information content (AvgIpc) is 2.68. The Morgan fingerprint density at radius 1 is 1.44 bits per heavy atom. The summed E-state index contributed by atoms with van der Waals surface area (Å²) in [6.07, 6.45) is 13.8. The van der Waals surface area contributed by atoms with E-state index >= 15 is 0 Å². The second-order valence-corrected chi connectivity index (χ2v) is 3.07. The lowest BCUT2D eigenvalue weighted by Gasteiger charge is -1.97. The van der Waals surface area contributed by atoms with Crippen LogP contribution in [0, 0.1) is 0 Å². The van der Waals surface area contributed by atoms with Crippen LogP contribution in [0.3, 0.4) is 0 Å². The van der Waals surface area contributed by atoms with E-state index in [0.717, 1.165) is 25.5 Å². The van der Waals surface area contributed by atoms with E-state index < -0.39 is 5.97 Å². The highest BCUT2D eigenvalue weighted by Crippen LogP contribution is 1.96. The fourth-order valence-electron chi connectivity index (χ4n) is 1.12. The molecule has 0 aromatic carbocycles. The first kappa shape index (κ1) is 14.5. The van der Waals surface area contributed by atoms with E-state index in [1.165, 1.54) is 6.08 Å². The Morgan fingerprint density at radius 3 is 2.88 bits per heavy atom. The maximum absolute atomic E-state index is 10.1. The van der Waals surface area contributed by atoms with Crippen LogP contribution < -0.4 is 0 Å². The molecular weight excluding hydrogens is 228 g/mol. The third kappa shape index (κ3) is 6.84. The van der Waals surface area contributed by atoms with Crippen molar-refractivity contribution in [3.05, 3.63) is 43.0 Å². The van der Waals surface area contributed by atoms with Gasteiger partial charge in [0, 0.05) is 25.0 Å². The van der Waals surface area contributed by atoms with Gasteiger partial charge in [-0.2, -0.15) is 0 Å². The highest BCUT2D eigenvalue weighted by molar-refractivity contribution is 5.85. The van der Waals surface area contributed by atoms with Gasteiger partial charge < -0.3 is 9.67 Å². The van der Waals surface area contributed by atoms with Gasteiger partial charge >= 0.3 is 5.97 Å². The lowest BCUT2D eigenvalue weighted by atomic mass is 10.3. The van der Waals surface area contributed by atoms with Crippen LogP contribution in [-0.4, -0.2) is 20.6 Å². The van der Waals surface area contributed by atoms with Crippen molar-refractivity contribution in [1.29, 1.82) is 0 Å². The van der Waals surface area contributed by atoms with Gasteiger partial charge in [-0.15, -0.1) is 12.4 Å². The molecule has 0 amide bonds. The molecule has 1 aromatic rings. The Morgan fingerprint density at radius 2 is 2.25 bits per heavy atom. The molecule has 0 atom stereocenters. The van der Waals surface area contributed by atoms with Crippen LogP contribution >= 0.6 is 12.4 Å². The number of aliphatic carboxylic acids is 1. The standard InChI is InChI=1S/C11H14N2O2.ClH/c14-11(15)6-4-2-1-3-5-8-13-9-7-12-10-13;/h1-2,4,6-7,9-10H,3,5,8H2,(H,14,15);1H/b2-1+,6-4+;. The number of carbonyl (C=O) groups is 1. The summed E-state index contributed by atoms with van der Waals surface area (Å²) in [6, 6.07) is 0. The van der Waals surface area contributed by atoms with E-state index in [2.05, 4.69) is 4.98 Å². The number of unbranched alkanes of at least 4 members (excludes halogenated alkanes) is 1. The minimum Gasteiger partial charge on any atom is -0.478 e. The molecule has 1 N–H and O–H groups in total. The Kier molecular flexibility index (Phi) is 7.89. The molecule has 0 saturated heterocycles. The first-order valence-electron chi connectivity index (χ1n) is 4.81.